The van der Waals surface area contributed by atoms with Crippen LogP contribution in [0.15, 0.2) is 48.8 Å². The predicted molar refractivity (Wildman–Crippen MR) is 106 cm³/mol. The van der Waals surface area contributed by atoms with E-state index >= 15 is 0 Å². The highest BCUT2D eigenvalue weighted by Gasteiger charge is 2.28. The van der Waals surface area contributed by atoms with Crippen LogP contribution in [0.2, 0.25) is 5.02 Å². The van der Waals surface area contributed by atoms with Gasteiger partial charge in [0.2, 0.25) is 5.91 Å². The minimum absolute atomic E-state index is 0. The fourth-order valence-corrected chi connectivity index (χ4v) is 3.23. The zero-order valence-corrected chi connectivity index (χ0v) is 16.1. The van der Waals surface area contributed by atoms with Gasteiger partial charge in [-0.3, -0.25) is 9.78 Å². The molecular weight excluding hydrogens is 381 g/mol. The van der Waals surface area contributed by atoms with Crippen molar-refractivity contribution < 1.29 is 4.79 Å². The van der Waals surface area contributed by atoms with Crippen LogP contribution in [-0.4, -0.2) is 35.4 Å². The van der Waals surface area contributed by atoms with Crippen molar-refractivity contribution in [3.63, 3.8) is 0 Å². The summed E-state index contributed by atoms with van der Waals surface area (Å²) >= 11 is 6.33. The summed E-state index contributed by atoms with van der Waals surface area (Å²) < 4.78 is 0. The van der Waals surface area contributed by atoms with E-state index in [1.54, 1.807) is 12.4 Å². The molecule has 0 spiro atoms. The zero-order valence-electron chi connectivity index (χ0n) is 13.7. The van der Waals surface area contributed by atoms with Crippen molar-refractivity contribution in [2.45, 2.75) is 18.9 Å². The summed E-state index contributed by atoms with van der Waals surface area (Å²) in [5.74, 6) is 0.174. The molecule has 0 radical (unpaired) electrons. The number of amides is 1. The quantitative estimate of drug-likeness (QED) is 0.848. The Kier molecular flexibility index (Phi) is 9.22. The summed E-state index contributed by atoms with van der Waals surface area (Å²) in [5.41, 5.74) is 2.15. The van der Waals surface area contributed by atoms with Gasteiger partial charge in [0.05, 0.1) is 6.04 Å². The van der Waals surface area contributed by atoms with Crippen LogP contribution in [-0.2, 0) is 11.2 Å². The Morgan fingerprint density at radius 1 is 1.20 bits per heavy atom. The molecule has 1 aliphatic heterocycles. The molecule has 136 valence electrons. The first-order valence-corrected chi connectivity index (χ1v) is 8.27. The number of aromatic nitrogens is 1. The summed E-state index contributed by atoms with van der Waals surface area (Å²) in [6, 6.07) is 11.7. The van der Waals surface area contributed by atoms with Crippen LogP contribution < -0.4 is 5.32 Å². The maximum atomic E-state index is 12.7. The SMILES string of the molecule is Cl.Cl.O=C(CCc1ccncc1)N1CCNCC1c1ccccc1Cl. The van der Waals surface area contributed by atoms with Crippen molar-refractivity contribution in [2.24, 2.45) is 0 Å². The standard InChI is InChI=1S/C18H20ClN3O.2ClH/c19-16-4-2-1-3-15(16)17-13-21-11-12-22(17)18(23)6-5-14-7-9-20-10-8-14;;/h1-4,7-10,17,21H,5-6,11-13H2;2*1H. The second-order valence-electron chi connectivity index (χ2n) is 5.68. The number of benzene rings is 1. The third kappa shape index (κ3) is 5.58. The van der Waals surface area contributed by atoms with Crippen molar-refractivity contribution in [3.8, 4) is 0 Å². The van der Waals surface area contributed by atoms with Gasteiger partial charge >= 0.3 is 0 Å². The fraction of sp³-hybridized carbons (Fsp3) is 0.333. The number of pyridine rings is 1. The summed E-state index contributed by atoms with van der Waals surface area (Å²) in [6.45, 7) is 2.28. The average molecular weight is 403 g/mol. The highest BCUT2D eigenvalue weighted by Crippen LogP contribution is 2.29. The smallest absolute Gasteiger partial charge is 0.223 e. The number of aryl methyl sites for hydroxylation is 1. The largest absolute Gasteiger partial charge is 0.333 e. The number of hydrogen-bond acceptors (Lipinski definition) is 3. The second-order valence-corrected chi connectivity index (χ2v) is 6.09. The van der Waals surface area contributed by atoms with Gasteiger partial charge in [0.25, 0.3) is 0 Å². The molecule has 0 aliphatic carbocycles. The number of carbonyl (C=O) groups is 1. The van der Waals surface area contributed by atoms with Gasteiger partial charge in [0.15, 0.2) is 0 Å². The Morgan fingerprint density at radius 3 is 2.64 bits per heavy atom. The normalized spacial score (nSPS) is 16.5. The molecule has 2 heterocycles. The van der Waals surface area contributed by atoms with Gasteiger partial charge in [-0.2, -0.15) is 0 Å². The number of carbonyl (C=O) groups excluding carboxylic acids is 1. The molecule has 0 bridgehead atoms. The molecule has 1 atom stereocenters. The number of nitrogens with one attached hydrogen (secondary N) is 1. The van der Waals surface area contributed by atoms with E-state index in [0.717, 1.165) is 30.6 Å². The molecule has 1 fully saturated rings. The lowest BCUT2D eigenvalue weighted by Gasteiger charge is -2.37. The lowest BCUT2D eigenvalue weighted by Crippen LogP contribution is -2.48. The molecule has 1 N–H and O–H groups in total. The molecule has 3 rings (SSSR count). The monoisotopic (exact) mass is 401 g/mol. The van der Waals surface area contributed by atoms with Crippen molar-refractivity contribution in [3.05, 3.63) is 64.9 Å². The number of halogens is 3. The third-order valence-electron chi connectivity index (χ3n) is 4.20. The minimum atomic E-state index is 0. The lowest BCUT2D eigenvalue weighted by molar-refractivity contribution is -0.134. The van der Waals surface area contributed by atoms with Gasteiger partial charge in [-0.25, -0.2) is 0 Å². The highest BCUT2D eigenvalue weighted by molar-refractivity contribution is 6.31. The topological polar surface area (TPSA) is 45.2 Å². The summed E-state index contributed by atoms with van der Waals surface area (Å²) in [4.78, 5) is 18.7. The van der Waals surface area contributed by atoms with Crippen LogP contribution in [0.25, 0.3) is 0 Å². The molecule has 1 amide bonds. The van der Waals surface area contributed by atoms with E-state index in [2.05, 4.69) is 10.3 Å². The maximum Gasteiger partial charge on any atom is 0.223 e. The molecular formula is C18H22Cl3N3O. The number of nitrogens with zero attached hydrogens (tertiary/aromatic N) is 2. The molecule has 25 heavy (non-hydrogen) atoms. The zero-order chi connectivity index (χ0) is 16.1. The Morgan fingerprint density at radius 2 is 1.92 bits per heavy atom. The summed E-state index contributed by atoms with van der Waals surface area (Å²) in [6.07, 6.45) is 4.76. The van der Waals surface area contributed by atoms with Crippen molar-refractivity contribution in [1.82, 2.24) is 15.2 Å². The molecule has 7 heteroatoms. The van der Waals surface area contributed by atoms with Crippen molar-refractivity contribution in [2.75, 3.05) is 19.6 Å². The van der Waals surface area contributed by atoms with E-state index in [1.807, 2.05) is 41.3 Å². The minimum Gasteiger partial charge on any atom is -0.333 e. The van der Waals surface area contributed by atoms with Crippen molar-refractivity contribution in [1.29, 1.82) is 0 Å². The van der Waals surface area contributed by atoms with Crippen LogP contribution in [0.4, 0.5) is 0 Å². The van der Waals surface area contributed by atoms with E-state index in [9.17, 15) is 4.79 Å². The van der Waals surface area contributed by atoms with Crippen molar-refractivity contribution >= 4 is 42.3 Å². The summed E-state index contributed by atoms with van der Waals surface area (Å²) in [5, 5.41) is 4.07. The third-order valence-corrected chi connectivity index (χ3v) is 4.55. The van der Waals surface area contributed by atoms with Gasteiger partial charge in [0, 0.05) is 43.5 Å². The van der Waals surface area contributed by atoms with Gasteiger partial charge in [-0.1, -0.05) is 29.8 Å². The molecule has 1 aliphatic rings. The molecule has 0 saturated carbocycles. The van der Waals surface area contributed by atoms with Crippen LogP contribution >= 0.6 is 36.4 Å². The molecule has 2 aromatic rings. The summed E-state index contributed by atoms with van der Waals surface area (Å²) in [7, 11) is 0. The molecule has 1 aromatic heterocycles. The molecule has 1 saturated heterocycles. The molecule has 1 aromatic carbocycles. The number of piperazine rings is 1. The Hall–Kier alpha value is -1.33. The lowest BCUT2D eigenvalue weighted by atomic mass is 10.0. The van der Waals surface area contributed by atoms with Crippen LogP contribution in [0, 0.1) is 0 Å². The van der Waals surface area contributed by atoms with Gasteiger partial charge in [-0.15, -0.1) is 24.8 Å². The van der Waals surface area contributed by atoms with E-state index in [1.165, 1.54) is 0 Å². The number of hydrogen-bond donors (Lipinski definition) is 1. The second kappa shape index (κ2) is 10.6. The fourth-order valence-electron chi connectivity index (χ4n) is 2.97. The predicted octanol–water partition coefficient (Wildman–Crippen LogP) is 3.68. The Labute approximate surface area is 165 Å². The van der Waals surface area contributed by atoms with E-state index in [4.69, 9.17) is 11.6 Å². The van der Waals surface area contributed by atoms with Crippen LogP contribution in [0.1, 0.15) is 23.6 Å². The van der Waals surface area contributed by atoms with E-state index in [0.29, 0.717) is 18.0 Å². The van der Waals surface area contributed by atoms with E-state index in [-0.39, 0.29) is 36.8 Å². The highest BCUT2D eigenvalue weighted by atomic mass is 35.5. The average Bonchev–Trinajstić information content (AvgIpc) is 2.61. The van der Waals surface area contributed by atoms with Gasteiger partial charge in [-0.05, 0) is 35.7 Å². The van der Waals surface area contributed by atoms with E-state index < -0.39 is 0 Å². The maximum absolute atomic E-state index is 12.7. The first-order valence-electron chi connectivity index (χ1n) is 7.89. The van der Waals surface area contributed by atoms with Gasteiger partial charge in [0.1, 0.15) is 0 Å². The molecule has 4 nitrogen and oxygen atoms in total. The Balaban J connectivity index is 0.00000156. The van der Waals surface area contributed by atoms with Crippen LogP contribution in [0.5, 0.6) is 0 Å². The first-order chi connectivity index (χ1) is 11.3. The van der Waals surface area contributed by atoms with Crippen LogP contribution in [0.3, 0.4) is 0 Å². The number of rotatable bonds is 4. The van der Waals surface area contributed by atoms with Gasteiger partial charge < -0.3 is 10.2 Å². The molecule has 1 unspecified atom stereocenters. The first kappa shape index (κ1) is 21.7. The Bertz CT molecular complexity index is 670.